The zero-order valence-corrected chi connectivity index (χ0v) is 23.2. The summed E-state index contributed by atoms with van der Waals surface area (Å²) in [7, 11) is 0. The minimum absolute atomic E-state index is 0.209. The minimum Gasteiger partial charge on any atom is -0.463 e. The Hall–Kier alpha value is -4.84. The summed E-state index contributed by atoms with van der Waals surface area (Å²) in [5.41, 5.74) is 1.48. The number of carbonyl (C=O) groups is 6. The molecule has 1 aromatic heterocycles. The van der Waals surface area contributed by atoms with Gasteiger partial charge in [-0.15, -0.1) is 0 Å². The van der Waals surface area contributed by atoms with E-state index in [0.717, 1.165) is 20.8 Å². The molecule has 1 aliphatic carbocycles. The van der Waals surface area contributed by atoms with Gasteiger partial charge in [0.05, 0.1) is 5.52 Å². The Balaban J connectivity index is 1.65. The van der Waals surface area contributed by atoms with Crippen molar-refractivity contribution < 1.29 is 52.5 Å². The van der Waals surface area contributed by atoms with E-state index in [-0.39, 0.29) is 34.9 Å². The van der Waals surface area contributed by atoms with Gasteiger partial charge in [-0.2, -0.15) is 0 Å². The first-order valence-electron chi connectivity index (χ1n) is 13.1. The van der Waals surface area contributed by atoms with Crippen LogP contribution >= 0.6 is 0 Å². The Morgan fingerprint density at radius 2 is 1.31 bits per heavy atom. The van der Waals surface area contributed by atoms with Crippen molar-refractivity contribution in [2.24, 2.45) is 0 Å². The first kappa shape index (κ1) is 28.7. The maximum atomic E-state index is 13.6. The molecule has 0 radical (unpaired) electrons. The molecule has 3 aromatic rings. The molecular formula is C30H27NO11. The van der Waals surface area contributed by atoms with Crippen molar-refractivity contribution in [1.29, 1.82) is 0 Å². The highest BCUT2D eigenvalue weighted by Gasteiger charge is 2.53. The summed E-state index contributed by atoms with van der Waals surface area (Å²) in [6, 6.07) is 11.4. The van der Waals surface area contributed by atoms with Gasteiger partial charge in [-0.1, -0.05) is 24.3 Å². The molecule has 2 aromatic carbocycles. The average molecular weight is 578 g/mol. The van der Waals surface area contributed by atoms with Gasteiger partial charge in [0, 0.05) is 61.5 Å². The van der Waals surface area contributed by atoms with Gasteiger partial charge in [0.2, 0.25) is 0 Å². The third-order valence-electron chi connectivity index (χ3n) is 7.03. The van der Waals surface area contributed by atoms with E-state index in [9.17, 15) is 28.8 Å². The van der Waals surface area contributed by atoms with E-state index in [2.05, 4.69) is 0 Å². The van der Waals surface area contributed by atoms with Gasteiger partial charge >= 0.3 is 23.9 Å². The highest BCUT2D eigenvalue weighted by atomic mass is 16.7. The summed E-state index contributed by atoms with van der Waals surface area (Å²) in [4.78, 5) is 74.9. The second-order valence-electron chi connectivity index (χ2n) is 9.94. The van der Waals surface area contributed by atoms with Crippen molar-refractivity contribution in [3.05, 3.63) is 70.9 Å². The second kappa shape index (κ2) is 11.2. The summed E-state index contributed by atoms with van der Waals surface area (Å²) in [5.74, 6) is -3.49. The Bertz CT molecular complexity index is 1640. The number of ether oxygens (including phenoxy) is 5. The Kier molecular flexibility index (Phi) is 7.65. The number of fused-ring (bicyclic) bond motifs is 4. The Labute approximate surface area is 239 Å². The third kappa shape index (κ3) is 5.16. The normalized spacial score (nSPS) is 23.0. The summed E-state index contributed by atoms with van der Waals surface area (Å²) in [6.45, 7) is 4.23. The SMILES string of the molecule is CC(=O)OC[C@H]1O[C@@H](n2ccc3c4c(ccc32)C(=O)c2ccccc2C4=O)[C@H](OC(C)=O)[C@@H](OC(C)=O)[C@@H]1OC(C)=O. The highest BCUT2D eigenvalue weighted by Crippen LogP contribution is 2.39. The molecule has 0 saturated carbocycles. The molecular weight excluding hydrogens is 550 g/mol. The number of esters is 4. The fraction of sp³-hybridized carbons (Fsp3) is 0.333. The van der Waals surface area contributed by atoms with Crippen LogP contribution in [0.25, 0.3) is 10.9 Å². The van der Waals surface area contributed by atoms with E-state index in [4.69, 9.17) is 23.7 Å². The van der Waals surface area contributed by atoms with Crippen molar-refractivity contribution in [3.63, 3.8) is 0 Å². The standard InChI is InChI=1S/C30H27NO11/c1-14(32)38-13-23-27(39-15(2)33)28(40-16(3)34)29(41-17(4)35)30(42-23)31-12-11-20-22(31)10-9-21-24(20)26(37)19-8-6-5-7-18(19)25(21)36/h5-12,23,27-30H,13H2,1-4H3/t23-,27-,28+,29-,30-/m1/s1. The van der Waals surface area contributed by atoms with E-state index in [1.54, 1.807) is 47.2 Å². The number of hydrogen-bond acceptors (Lipinski definition) is 11. The predicted octanol–water partition coefficient (Wildman–Crippen LogP) is 2.67. The van der Waals surface area contributed by atoms with Crippen LogP contribution in [-0.4, -0.2) is 71.0 Å². The van der Waals surface area contributed by atoms with Gasteiger partial charge in [0.15, 0.2) is 36.1 Å². The van der Waals surface area contributed by atoms with E-state index < -0.39 is 54.5 Å². The second-order valence-corrected chi connectivity index (χ2v) is 9.94. The van der Waals surface area contributed by atoms with Crippen LogP contribution in [0.1, 0.15) is 65.8 Å². The van der Waals surface area contributed by atoms with Crippen LogP contribution in [0.4, 0.5) is 0 Å². The topological polar surface area (TPSA) is 154 Å². The fourth-order valence-corrected chi connectivity index (χ4v) is 5.48. The molecule has 1 fully saturated rings. The lowest BCUT2D eigenvalue weighted by Crippen LogP contribution is -2.60. The molecule has 12 heteroatoms. The lowest BCUT2D eigenvalue weighted by Gasteiger charge is -2.44. The van der Waals surface area contributed by atoms with Crippen molar-refractivity contribution in [3.8, 4) is 0 Å². The van der Waals surface area contributed by atoms with Crippen molar-refractivity contribution >= 4 is 46.3 Å². The molecule has 1 saturated heterocycles. The molecule has 2 heterocycles. The van der Waals surface area contributed by atoms with Crippen LogP contribution < -0.4 is 0 Å². The number of nitrogens with zero attached hydrogens (tertiary/aromatic N) is 1. The first-order valence-corrected chi connectivity index (χ1v) is 13.1. The van der Waals surface area contributed by atoms with Gasteiger partial charge in [-0.25, -0.2) is 0 Å². The summed E-state index contributed by atoms with van der Waals surface area (Å²) in [5, 5.41) is 0.438. The zero-order valence-electron chi connectivity index (χ0n) is 23.2. The molecule has 218 valence electrons. The zero-order chi connectivity index (χ0) is 30.3. The molecule has 12 nitrogen and oxygen atoms in total. The fourth-order valence-electron chi connectivity index (χ4n) is 5.48. The van der Waals surface area contributed by atoms with E-state index in [0.29, 0.717) is 16.5 Å². The molecule has 5 rings (SSSR count). The number of carbonyl (C=O) groups excluding carboxylic acids is 6. The van der Waals surface area contributed by atoms with Crippen LogP contribution in [-0.2, 0) is 42.9 Å². The number of benzene rings is 2. The Morgan fingerprint density at radius 1 is 0.714 bits per heavy atom. The number of rotatable bonds is 6. The Morgan fingerprint density at radius 3 is 1.93 bits per heavy atom. The smallest absolute Gasteiger partial charge is 0.303 e. The summed E-state index contributed by atoms with van der Waals surface area (Å²) in [6.07, 6.45) is -4.79. The summed E-state index contributed by atoms with van der Waals surface area (Å²) < 4.78 is 29.5. The van der Waals surface area contributed by atoms with Crippen molar-refractivity contribution in [1.82, 2.24) is 4.57 Å². The molecule has 2 aliphatic rings. The number of aromatic nitrogens is 1. The molecule has 0 bridgehead atoms. The number of ketones is 2. The lowest BCUT2D eigenvalue weighted by molar-refractivity contribution is -0.267. The van der Waals surface area contributed by atoms with Gasteiger partial charge in [0.25, 0.3) is 0 Å². The van der Waals surface area contributed by atoms with Crippen LogP contribution in [0, 0.1) is 0 Å². The van der Waals surface area contributed by atoms with E-state index in [1.807, 2.05) is 0 Å². The molecule has 5 atom stereocenters. The van der Waals surface area contributed by atoms with Gasteiger partial charge < -0.3 is 28.3 Å². The molecule has 0 spiro atoms. The first-order chi connectivity index (χ1) is 20.0. The van der Waals surface area contributed by atoms with Gasteiger partial charge in [-0.05, 0) is 18.2 Å². The van der Waals surface area contributed by atoms with Gasteiger partial charge in [-0.3, -0.25) is 28.8 Å². The molecule has 0 N–H and O–H groups in total. The molecule has 1 aliphatic heterocycles. The minimum atomic E-state index is -1.36. The third-order valence-corrected chi connectivity index (χ3v) is 7.03. The highest BCUT2D eigenvalue weighted by molar-refractivity contribution is 6.32. The monoisotopic (exact) mass is 577 g/mol. The molecule has 0 unspecified atom stereocenters. The average Bonchev–Trinajstić information content (AvgIpc) is 3.36. The van der Waals surface area contributed by atoms with E-state index in [1.165, 1.54) is 13.0 Å². The summed E-state index contributed by atoms with van der Waals surface area (Å²) >= 11 is 0. The maximum Gasteiger partial charge on any atom is 0.303 e. The lowest BCUT2D eigenvalue weighted by atomic mass is 9.82. The number of hydrogen-bond donors (Lipinski definition) is 0. The van der Waals surface area contributed by atoms with Crippen LogP contribution in [0.3, 0.4) is 0 Å². The maximum absolute atomic E-state index is 13.6. The molecule has 0 amide bonds. The predicted molar refractivity (Wildman–Crippen MR) is 142 cm³/mol. The van der Waals surface area contributed by atoms with Crippen LogP contribution in [0.5, 0.6) is 0 Å². The van der Waals surface area contributed by atoms with Gasteiger partial charge in [0.1, 0.15) is 12.7 Å². The molecule has 42 heavy (non-hydrogen) atoms. The largest absolute Gasteiger partial charge is 0.463 e. The van der Waals surface area contributed by atoms with Crippen molar-refractivity contribution in [2.45, 2.75) is 58.3 Å². The van der Waals surface area contributed by atoms with E-state index >= 15 is 0 Å². The van der Waals surface area contributed by atoms with Crippen LogP contribution in [0.2, 0.25) is 0 Å². The van der Waals surface area contributed by atoms with Crippen LogP contribution in [0.15, 0.2) is 48.7 Å². The van der Waals surface area contributed by atoms with Crippen molar-refractivity contribution in [2.75, 3.05) is 6.61 Å². The quantitative estimate of drug-likeness (QED) is 0.245.